The molecule has 0 spiro atoms. The zero-order valence-corrected chi connectivity index (χ0v) is 32.2. The molecule has 1 heterocycles. The van der Waals surface area contributed by atoms with Gasteiger partial charge in [-0.2, -0.15) is 0 Å². The van der Waals surface area contributed by atoms with E-state index in [0.29, 0.717) is 36.0 Å². The van der Waals surface area contributed by atoms with E-state index in [9.17, 15) is 19.5 Å². The monoisotopic (exact) mass is 689 g/mol. The lowest BCUT2D eigenvalue weighted by Crippen LogP contribution is -2.65. The number of esters is 1. The summed E-state index contributed by atoms with van der Waals surface area (Å²) >= 11 is 0. The van der Waals surface area contributed by atoms with Crippen LogP contribution in [0.4, 0.5) is 0 Å². The van der Waals surface area contributed by atoms with Gasteiger partial charge in [0, 0.05) is 24.1 Å². The third-order valence-corrected chi connectivity index (χ3v) is 15.6. The molecule has 4 fully saturated rings. The van der Waals surface area contributed by atoms with Crippen LogP contribution < -0.4 is 5.32 Å². The highest BCUT2D eigenvalue weighted by Gasteiger charge is 2.69. The largest absolute Gasteiger partial charge is 0.481 e. The van der Waals surface area contributed by atoms with Gasteiger partial charge in [0.15, 0.2) is 5.78 Å². The number of rotatable bonds is 10. The van der Waals surface area contributed by atoms with Crippen molar-refractivity contribution in [3.8, 4) is 0 Å². The molecule has 1 aromatic heterocycles. The lowest BCUT2D eigenvalue weighted by Gasteiger charge is -2.71. The number of carbonyl (C=O) groups is 3. The third kappa shape index (κ3) is 5.87. The van der Waals surface area contributed by atoms with E-state index in [1.807, 2.05) is 6.07 Å². The first kappa shape index (κ1) is 37.2. The van der Waals surface area contributed by atoms with Gasteiger partial charge in [-0.25, -0.2) is 9.97 Å². The summed E-state index contributed by atoms with van der Waals surface area (Å²) in [7, 11) is 0. The molecule has 276 valence electrons. The minimum atomic E-state index is -1.14. The van der Waals surface area contributed by atoms with Gasteiger partial charge in [0.25, 0.3) is 0 Å². The summed E-state index contributed by atoms with van der Waals surface area (Å²) in [6.45, 7) is 21.5. The van der Waals surface area contributed by atoms with Gasteiger partial charge in [0.1, 0.15) is 12.4 Å². The Hall–Kier alpha value is -2.61. The Bertz CT molecular complexity index is 1520. The predicted molar refractivity (Wildman–Crippen MR) is 194 cm³/mol. The van der Waals surface area contributed by atoms with E-state index in [-0.39, 0.29) is 46.0 Å². The summed E-state index contributed by atoms with van der Waals surface area (Å²) in [5.41, 5.74) is 2.73. The van der Waals surface area contributed by atoms with E-state index in [1.54, 1.807) is 26.4 Å². The van der Waals surface area contributed by atoms with Crippen LogP contribution in [0.1, 0.15) is 132 Å². The zero-order valence-electron chi connectivity index (χ0n) is 32.2. The number of fused-ring (bicyclic) bond motifs is 7. The van der Waals surface area contributed by atoms with Crippen molar-refractivity contribution in [2.24, 2.45) is 62.6 Å². The Morgan fingerprint density at radius 3 is 2.38 bits per heavy atom. The number of carbonyl (C=O) groups excluding carboxylic acids is 2. The fourth-order valence-electron chi connectivity index (χ4n) is 12.8. The Morgan fingerprint density at radius 2 is 1.72 bits per heavy atom. The molecule has 0 radical (unpaired) electrons. The van der Waals surface area contributed by atoms with Gasteiger partial charge in [0.05, 0.1) is 17.5 Å². The molecule has 0 saturated heterocycles. The number of ether oxygens (including phenoxy) is 1. The van der Waals surface area contributed by atoms with Crippen LogP contribution in [0.15, 0.2) is 29.7 Å². The van der Waals surface area contributed by atoms with E-state index in [1.165, 1.54) is 18.4 Å². The first-order valence-corrected chi connectivity index (χ1v) is 19.5. The highest BCUT2D eigenvalue weighted by Crippen LogP contribution is 2.75. The van der Waals surface area contributed by atoms with Gasteiger partial charge in [-0.15, -0.1) is 0 Å². The molecular formula is C42H63N3O5. The minimum Gasteiger partial charge on any atom is -0.481 e. The highest BCUT2D eigenvalue weighted by atomic mass is 16.5. The molecule has 0 bridgehead atoms. The van der Waals surface area contributed by atoms with Crippen molar-refractivity contribution in [2.75, 3.05) is 6.54 Å². The lowest BCUT2D eigenvalue weighted by atomic mass is 9.33. The lowest BCUT2D eigenvalue weighted by molar-refractivity contribution is -0.232. The van der Waals surface area contributed by atoms with E-state index >= 15 is 0 Å². The van der Waals surface area contributed by atoms with Crippen molar-refractivity contribution < 1.29 is 24.2 Å². The van der Waals surface area contributed by atoms with Crippen LogP contribution in [0.5, 0.6) is 0 Å². The number of hydrogen-bond donors (Lipinski definition) is 2. The number of carboxylic acid groups (broad SMARTS) is 1. The zero-order chi connectivity index (χ0) is 36.4. The van der Waals surface area contributed by atoms with Crippen molar-refractivity contribution in [1.29, 1.82) is 0 Å². The average Bonchev–Trinajstić information content (AvgIpc) is 3.32. The minimum absolute atomic E-state index is 0.0727. The fraction of sp³-hybridized carbons (Fsp3) is 0.786. The Balaban J connectivity index is 1.20. The summed E-state index contributed by atoms with van der Waals surface area (Å²) < 4.78 is 6.16. The van der Waals surface area contributed by atoms with Gasteiger partial charge in [-0.1, -0.05) is 54.0 Å². The summed E-state index contributed by atoms with van der Waals surface area (Å²) in [4.78, 5) is 47.4. The Labute approximate surface area is 300 Å². The van der Waals surface area contributed by atoms with E-state index in [4.69, 9.17) is 4.74 Å². The molecule has 9 atom stereocenters. The molecule has 50 heavy (non-hydrogen) atoms. The van der Waals surface area contributed by atoms with Crippen molar-refractivity contribution >= 4 is 17.7 Å². The topological polar surface area (TPSA) is 118 Å². The molecule has 5 aliphatic rings. The fourth-order valence-corrected chi connectivity index (χ4v) is 12.8. The number of allylic oxidation sites excluding steroid dienone is 2. The standard InChI is InChI=1S/C42H63N3O5/c1-25(2)34-35-27(28(36(34)47)16-21-43-23-26-15-20-44-24-45-26)12-18-41(8)29(35)10-11-31-40(7)17-14-32(50-33(46)22-38(3,4)37(48)49)39(5,6)30(40)13-19-42(31,41)9/h15,20,24-25,27-32,43H,10-14,16-19,21-23H2,1-9H3,(H,48,49)/t27?,28-,29+,30-,31+,32-,40-,41+,42+/m0/s1. The predicted octanol–water partition coefficient (Wildman–Crippen LogP) is 8.21. The highest BCUT2D eigenvalue weighted by molar-refractivity contribution is 6.01. The van der Waals surface area contributed by atoms with Crippen molar-refractivity contribution in [1.82, 2.24) is 15.3 Å². The van der Waals surface area contributed by atoms with E-state index < -0.39 is 17.4 Å². The van der Waals surface area contributed by atoms with Gasteiger partial charge in [-0.05, 0) is 136 Å². The second-order valence-corrected chi connectivity index (χ2v) is 19.1. The second kappa shape index (κ2) is 13.1. The van der Waals surface area contributed by atoms with Gasteiger partial charge >= 0.3 is 11.9 Å². The molecule has 8 nitrogen and oxygen atoms in total. The number of aromatic nitrogens is 2. The number of nitrogens with one attached hydrogen (secondary N) is 1. The molecule has 2 N–H and O–H groups in total. The summed E-state index contributed by atoms with van der Waals surface area (Å²) in [6.07, 6.45) is 12.6. The third-order valence-electron chi connectivity index (χ3n) is 15.6. The van der Waals surface area contributed by atoms with Crippen LogP contribution in [-0.2, 0) is 25.7 Å². The molecule has 6 rings (SSSR count). The molecule has 0 amide bonds. The molecule has 0 aliphatic heterocycles. The first-order valence-electron chi connectivity index (χ1n) is 19.5. The molecule has 4 saturated carbocycles. The second-order valence-electron chi connectivity index (χ2n) is 19.1. The Kier molecular flexibility index (Phi) is 9.74. The van der Waals surface area contributed by atoms with E-state index in [2.05, 4.69) is 63.8 Å². The quantitative estimate of drug-likeness (QED) is 0.186. The maximum absolute atomic E-state index is 14.3. The number of hydrogen-bond acceptors (Lipinski definition) is 7. The number of nitrogens with zero attached hydrogens (tertiary/aromatic N) is 2. The number of ketones is 1. The van der Waals surface area contributed by atoms with Crippen LogP contribution in [0.2, 0.25) is 0 Å². The molecule has 0 aromatic carbocycles. The SMILES string of the molecule is CC(C)C1=C2C(CC[C@]3(C)[C@@H]2CC[C@@H]2[C@@]4(C)CC[C@H](OC(=O)CC(C)(C)C(=O)O)C(C)(C)[C@@H]4CC[C@]23C)[C@H](CCNCc2ccncn2)C1=O. The first-order chi connectivity index (χ1) is 23.4. The molecule has 1 unspecified atom stereocenters. The average molecular weight is 690 g/mol. The van der Waals surface area contributed by atoms with Gasteiger partial charge in [0.2, 0.25) is 0 Å². The summed E-state index contributed by atoms with van der Waals surface area (Å²) in [6, 6.07) is 1.93. The maximum Gasteiger partial charge on any atom is 0.309 e. The van der Waals surface area contributed by atoms with Crippen LogP contribution in [0, 0.1) is 62.6 Å². The van der Waals surface area contributed by atoms with Crippen molar-refractivity contribution in [2.45, 2.75) is 139 Å². The number of Topliss-reactive ketones (excluding diaryl/α,β-unsaturated/α-hetero) is 1. The van der Waals surface area contributed by atoms with Crippen molar-refractivity contribution in [3.05, 3.63) is 35.4 Å². The molecule has 8 heteroatoms. The maximum atomic E-state index is 14.3. The normalized spacial score (nSPS) is 37.8. The summed E-state index contributed by atoms with van der Waals surface area (Å²) in [5, 5.41) is 13.1. The smallest absolute Gasteiger partial charge is 0.309 e. The molecule has 5 aliphatic carbocycles. The van der Waals surface area contributed by atoms with Gasteiger partial charge < -0.3 is 15.2 Å². The number of aliphatic carboxylic acids is 1. The number of carboxylic acids is 1. The van der Waals surface area contributed by atoms with Crippen molar-refractivity contribution in [3.63, 3.8) is 0 Å². The molecular weight excluding hydrogens is 626 g/mol. The van der Waals surface area contributed by atoms with Crippen LogP contribution in [-0.4, -0.2) is 45.4 Å². The summed E-state index contributed by atoms with van der Waals surface area (Å²) in [5.74, 6) is 1.14. The van der Waals surface area contributed by atoms with Gasteiger partial charge in [-0.3, -0.25) is 14.4 Å². The van der Waals surface area contributed by atoms with E-state index in [0.717, 1.165) is 62.8 Å². The molecule has 1 aromatic rings. The van der Waals surface area contributed by atoms with Crippen LogP contribution >= 0.6 is 0 Å². The van der Waals surface area contributed by atoms with Crippen LogP contribution in [0.25, 0.3) is 0 Å². The van der Waals surface area contributed by atoms with Crippen LogP contribution in [0.3, 0.4) is 0 Å². The Morgan fingerprint density at radius 1 is 1.00 bits per heavy atom.